The smallest absolute Gasteiger partial charge is 0.407 e. The Morgan fingerprint density at radius 1 is 1.41 bits per heavy atom. The molecule has 146 valence electrons. The number of carbonyl (C=O) groups excluding carboxylic acids is 2. The van der Waals surface area contributed by atoms with E-state index in [9.17, 15) is 9.59 Å². The number of nitriles is 1. The van der Waals surface area contributed by atoms with Crippen LogP contribution < -0.4 is 5.32 Å². The Bertz CT molecular complexity index is 737. The van der Waals surface area contributed by atoms with Gasteiger partial charge in [-0.25, -0.2) is 4.79 Å². The van der Waals surface area contributed by atoms with Crippen molar-refractivity contribution in [1.82, 2.24) is 10.2 Å². The summed E-state index contributed by atoms with van der Waals surface area (Å²) in [6.07, 6.45) is 1.32. The first kappa shape index (κ1) is 21.0. The summed E-state index contributed by atoms with van der Waals surface area (Å²) in [6.45, 7) is 6.60. The molecule has 27 heavy (non-hydrogen) atoms. The zero-order valence-electron chi connectivity index (χ0n) is 16.0. The van der Waals surface area contributed by atoms with E-state index in [2.05, 4.69) is 11.4 Å². The molecule has 6 nitrogen and oxygen atoms in total. The first-order valence-corrected chi connectivity index (χ1v) is 9.60. The maximum Gasteiger partial charge on any atom is 0.407 e. The summed E-state index contributed by atoms with van der Waals surface area (Å²) in [4.78, 5) is 25.7. The molecule has 0 bridgehead atoms. The molecule has 0 heterocycles. The van der Waals surface area contributed by atoms with E-state index in [1.807, 2.05) is 18.2 Å². The van der Waals surface area contributed by atoms with Crippen molar-refractivity contribution in [2.75, 3.05) is 25.5 Å². The Balaban J connectivity index is 1.96. The number of carbonyl (C=O) groups is 2. The molecule has 0 saturated heterocycles. The van der Waals surface area contributed by atoms with Gasteiger partial charge >= 0.3 is 6.09 Å². The highest BCUT2D eigenvalue weighted by Gasteiger charge is 2.26. The number of nitrogens with one attached hydrogen (secondary N) is 1. The maximum absolute atomic E-state index is 12.2. The summed E-state index contributed by atoms with van der Waals surface area (Å²) in [5, 5.41) is 11.7. The van der Waals surface area contributed by atoms with Crippen LogP contribution in [0.5, 0.6) is 0 Å². The van der Waals surface area contributed by atoms with Gasteiger partial charge in [0.2, 0.25) is 5.91 Å². The SMILES string of the molecule is CC(C)(C)OC(=O)NCCN(C[C@@H]1CCc2cc(C#N)ccc21)C(=O)CCl. The second kappa shape index (κ2) is 9.09. The molecule has 2 amide bonds. The van der Waals surface area contributed by atoms with Gasteiger partial charge in [0.25, 0.3) is 0 Å². The van der Waals surface area contributed by atoms with Gasteiger partial charge in [-0.3, -0.25) is 4.79 Å². The summed E-state index contributed by atoms with van der Waals surface area (Å²) in [7, 11) is 0. The molecule has 0 spiro atoms. The van der Waals surface area contributed by atoms with Crippen LogP contribution in [0.3, 0.4) is 0 Å². The fraction of sp³-hybridized carbons (Fsp3) is 0.550. The molecule has 0 saturated carbocycles. The Hall–Kier alpha value is -2.26. The van der Waals surface area contributed by atoms with Gasteiger partial charge in [0.15, 0.2) is 0 Å². The van der Waals surface area contributed by atoms with Crippen LogP contribution in [0.25, 0.3) is 0 Å². The molecule has 1 aliphatic rings. The van der Waals surface area contributed by atoms with Crippen molar-refractivity contribution >= 4 is 23.6 Å². The van der Waals surface area contributed by atoms with Crippen LogP contribution in [0.15, 0.2) is 18.2 Å². The van der Waals surface area contributed by atoms with E-state index in [1.165, 1.54) is 11.1 Å². The van der Waals surface area contributed by atoms with Gasteiger partial charge in [-0.2, -0.15) is 5.26 Å². The third-order valence-corrected chi connectivity index (χ3v) is 4.66. The average molecular weight is 392 g/mol. The van der Waals surface area contributed by atoms with Crippen molar-refractivity contribution in [1.29, 1.82) is 5.26 Å². The molecule has 7 heteroatoms. The molecule has 0 unspecified atom stereocenters. The number of benzene rings is 1. The van der Waals surface area contributed by atoms with E-state index in [4.69, 9.17) is 21.6 Å². The van der Waals surface area contributed by atoms with Crippen LogP contribution in [0.1, 0.15) is 49.8 Å². The molecule has 0 aromatic heterocycles. The minimum atomic E-state index is -0.564. The van der Waals surface area contributed by atoms with E-state index >= 15 is 0 Å². The number of halogens is 1. The predicted molar refractivity (Wildman–Crippen MR) is 104 cm³/mol. The van der Waals surface area contributed by atoms with Crippen molar-refractivity contribution in [3.8, 4) is 6.07 Å². The third-order valence-electron chi connectivity index (χ3n) is 4.43. The lowest BCUT2D eigenvalue weighted by molar-refractivity contribution is -0.128. The van der Waals surface area contributed by atoms with Gasteiger partial charge in [0.1, 0.15) is 11.5 Å². The summed E-state index contributed by atoms with van der Waals surface area (Å²) in [5.74, 6) is -0.0504. The summed E-state index contributed by atoms with van der Waals surface area (Å²) in [6, 6.07) is 7.88. The largest absolute Gasteiger partial charge is 0.444 e. The number of amides is 2. The summed E-state index contributed by atoms with van der Waals surface area (Å²) in [5.41, 5.74) is 2.45. The number of alkyl halides is 1. The van der Waals surface area contributed by atoms with Gasteiger partial charge in [-0.05, 0) is 56.9 Å². The van der Waals surface area contributed by atoms with E-state index in [0.717, 1.165) is 12.8 Å². The lowest BCUT2D eigenvalue weighted by Crippen LogP contribution is -2.42. The molecular weight excluding hydrogens is 366 g/mol. The van der Waals surface area contributed by atoms with E-state index in [0.29, 0.717) is 25.2 Å². The van der Waals surface area contributed by atoms with Gasteiger partial charge in [0, 0.05) is 25.6 Å². The number of rotatable bonds is 6. The highest BCUT2D eigenvalue weighted by molar-refractivity contribution is 6.27. The van der Waals surface area contributed by atoms with Crippen molar-refractivity contribution in [3.05, 3.63) is 34.9 Å². The molecule has 0 aliphatic heterocycles. The van der Waals surface area contributed by atoms with Gasteiger partial charge < -0.3 is 15.0 Å². The Kier molecular flexibility index (Phi) is 7.09. The average Bonchev–Trinajstić information content (AvgIpc) is 3.00. The minimum Gasteiger partial charge on any atom is -0.444 e. The van der Waals surface area contributed by atoms with Crippen molar-refractivity contribution in [2.45, 2.75) is 45.1 Å². The van der Waals surface area contributed by atoms with Gasteiger partial charge in [-0.1, -0.05) is 6.07 Å². The monoisotopic (exact) mass is 391 g/mol. The number of ether oxygens (including phenoxy) is 1. The Morgan fingerprint density at radius 3 is 2.78 bits per heavy atom. The van der Waals surface area contributed by atoms with Crippen molar-refractivity contribution in [3.63, 3.8) is 0 Å². The molecule has 2 rings (SSSR count). The fourth-order valence-corrected chi connectivity index (χ4v) is 3.41. The number of alkyl carbamates (subject to hydrolysis) is 1. The standard InChI is InChI=1S/C20H26ClN3O3/c1-20(2,3)27-19(26)23-8-9-24(18(25)11-21)13-16-6-5-15-10-14(12-22)4-7-17(15)16/h4,7,10,16H,5-6,8-9,11,13H2,1-3H3,(H,23,26)/t16-/m0/s1. The molecule has 1 aromatic rings. The van der Waals surface area contributed by atoms with Crippen LogP contribution in [0.4, 0.5) is 4.79 Å². The fourth-order valence-electron chi connectivity index (χ4n) is 3.24. The molecule has 1 aromatic carbocycles. The van der Waals surface area contributed by atoms with Gasteiger partial charge in [0.05, 0.1) is 11.6 Å². The molecule has 1 aliphatic carbocycles. The topological polar surface area (TPSA) is 82.4 Å². The van der Waals surface area contributed by atoms with Crippen LogP contribution in [0.2, 0.25) is 0 Å². The zero-order valence-corrected chi connectivity index (χ0v) is 16.8. The van der Waals surface area contributed by atoms with Crippen molar-refractivity contribution < 1.29 is 14.3 Å². The first-order chi connectivity index (χ1) is 12.7. The Labute approximate surface area is 165 Å². The van der Waals surface area contributed by atoms with E-state index in [-0.39, 0.29) is 17.7 Å². The number of hydrogen-bond donors (Lipinski definition) is 1. The molecule has 1 N–H and O–H groups in total. The lowest BCUT2D eigenvalue weighted by Gasteiger charge is -2.26. The van der Waals surface area contributed by atoms with Crippen LogP contribution in [0, 0.1) is 11.3 Å². The predicted octanol–water partition coefficient (Wildman–Crippen LogP) is 3.18. The molecule has 0 radical (unpaired) electrons. The number of nitrogens with zero attached hydrogens (tertiary/aromatic N) is 2. The summed E-state index contributed by atoms with van der Waals surface area (Å²) < 4.78 is 5.20. The second-order valence-corrected chi connectivity index (χ2v) is 7.93. The van der Waals surface area contributed by atoms with E-state index < -0.39 is 11.7 Å². The first-order valence-electron chi connectivity index (χ1n) is 9.07. The van der Waals surface area contributed by atoms with Gasteiger partial charge in [-0.15, -0.1) is 11.6 Å². The lowest BCUT2D eigenvalue weighted by atomic mass is 9.99. The van der Waals surface area contributed by atoms with Crippen LogP contribution >= 0.6 is 11.6 Å². The van der Waals surface area contributed by atoms with Crippen LogP contribution in [-0.2, 0) is 16.0 Å². The van der Waals surface area contributed by atoms with E-state index in [1.54, 1.807) is 25.7 Å². The molecule has 0 fully saturated rings. The molecular formula is C20H26ClN3O3. The zero-order chi connectivity index (χ0) is 20.0. The van der Waals surface area contributed by atoms with Crippen molar-refractivity contribution in [2.24, 2.45) is 0 Å². The second-order valence-electron chi connectivity index (χ2n) is 7.66. The molecule has 1 atom stereocenters. The highest BCUT2D eigenvalue weighted by Crippen LogP contribution is 2.34. The third kappa shape index (κ3) is 6.14. The number of hydrogen-bond acceptors (Lipinski definition) is 4. The highest BCUT2D eigenvalue weighted by atomic mass is 35.5. The van der Waals surface area contributed by atoms with Crippen LogP contribution in [-0.4, -0.2) is 48.0 Å². The maximum atomic E-state index is 12.2. The quantitative estimate of drug-likeness (QED) is 0.755. The minimum absolute atomic E-state index is 0.0978. The Morgan fingerprint density at radius 2 is 2.15 bits per heavy atom. The number of fused-ring (bicyclic) bond motifs is 1. The normalized spacial score (nSPS) is 15.6. The number of aryl methyl sites for hydroxylation is 1. The summed E-state index contributed by atoms with van der Waals surface area (Å²) >= 11 is 5.76.